The Kier molecular flexibility index (Phi) is 3.53. The highest BCUT2D eigenvalue weighted by Gasteiger charge is 2.23. The Bertz CT molecular complexity index is 978. The summed E-state index contributed by atoms with van der Waals surface area (Å²) < 4.78 is 12.0. The van der Waals surface area contributed by atoms with Crippen molar-refractivity contribution in [1.82, 2.24) is 0 Å². The van der Waals surface area contributed by atoms with E-state index in [1.54, 1.807) is 0 Å². The Morgan fingerprint density at radius 2 is 1.20 bits per heavy atom. The van der Waals surface area contributed by atoms with Gasteiger partial charge in [0, 0.05) is 29.5 Å². The zero-order chi connectivity index (χ0) is 16.8. The summed E-state index contributed by atoms with van der Waals surface area (Å²) in [6.45, 7) is 1.54. The summed E-state index contributed by atoms with van der Waals surface area (Å²) in [5.74, 6) is 2.07. The molecule has 0 bridgehead atoms. The van der Waals surface area contributed by atoms with Gasteiger partial charge in [0.1, 0.15) is 11.5 Å². The number of hydrogen-bond donors (Lipinski definition) is 0. The van der Waals surface area contributed by atoms with Crippen molar-refractivity contribution in [2.75, 3.05) is 13.2 Å². The van der Waals surface area contributed by atoms with Crippen molar-refractivity contribution >= 4 is 14.5 Å². The van der Waals surface area contributed by atoms with E-state index in [0.717, 1.165) is 37.6 Å². The quantitative estimate of drug-likeness (QED) is 0.641. The lowest BCUT2D eigenvalue weighted by Crippen LogP contribution is -2.02. The second-order valence-electron chi connectivity index (χ2n) is 6.55. The first kappa shape index (κ1) is 15.0. The molecule has 0 saturated heterocycles. The van der Waals surface area contributed by atoms with Crippen molar-refractivity contribution in [3.05, 3.63) is 65.7 Å². The minimum absolute atomic E-state index is 0.768. The average Bonchev–Trinajstić information content (AvgIpc) is 3.30. The van der Waals surface area contributed by atoms with Gasteiger partial charge in [-0.25, -0.2) is 0 Å². The minimum atomic E-state index is 0.768. The fourth-order valence-electron chi connectivity index (χ4n) is 3.93. The lowest BCUT2D eigenvalue weighted by molar-refractivity contribution is 0.357. The van der Waals surface area contributed by atoms with E-state index in [2.05, 4.69) is 63.8 Å². The zero-order valence-corrected chi connectivity index (χ0v) is 15.1. The van der Waals surface area contributed by atoms with Crippen LogP contribution < -0.4 is 14.8 Å². The third-order valence-electron chi connectivity index (χ3n) is 5.08. The van der Waals surface area contributed by atoms with Crippen molar-refractivity contribution in [3.63, 3.8) is 0 Å². The minimum Gasteiger partial charge on any atom is -0.492 e. The highest BCUT2D eigenvalue weighted by Crippen LogP contribution is 2.44. The molecule has 0 spiro atoms. The SMILES string of the molecule is Pc1cccc(-c2cccc3c2OCC3)c1-c1cccc2c1OCC2. The smallest absolute Gasteiger partial charge is 0.130 e. The number of benzene rings is 3. The van der Waals surface area contributed by atoms with E-state index in [1.807, 2.05) is 0 Å². The van der Waals surface area contributed by atoms with Crippen LogP contribution in [0.5, 0.6) is 11.5 Å². The predicted octanol–water partition coefficient (Wildman–Crippen LogP) is 4.39. The fraction of sp³-hybridized carbons (Fsp3) is 0.182. The Morgan fingerprint density at radius 3 is 1.92 bits per heavy atom. The maximum absolute atomic E-state index is 5.98. The molecule has 1 unspecified atom stereocenters. The van der Waals surface area contributed by atoms with Crippen LogP contribution >= 0.6 is 9.24 Å². The van der Waals surface area contributed by atoms with Crippen LogP contribution in [0.15, 0.2) is 54.6 Å². The van der Waals surface area contributed by atoms with Crippen LogP contribution in [0, 0.1) is 0 Å². The molecule has 5 rings (SSSR count). The molecule has 0 saturated carbocycles. The van der Waals surface area contributed by atoms with Crippen molar-refractivity contribution in [3.8, 4) is 33.8 Å². The molecule has 0 radical (unpaired) electrons. The van der Waals surface area contributed by atoms with E-state index >= 15 is 0 Å². The highest BCUT2D eigenvalue weighted by molar-refractivity contribution is 7.28. The van der Waals surface area contributed by atoms with Crippen molar-refractivity contribution in [2.24, 2.45) is 0 Å². The second kappa shape index (κ2) is 5.89. The predicted molar refractivity (Wildman–Crippen MR) is 105 cm³/mol. The maximum Gasteiger partial charge on any atom is 0.130 e. The Hall–Kier alpha value is -2.31. The lowest BCUT2D eigenvalue weighted by Gasteiger charge is -2.17. The molecule has 3 heteroatoms. The molecular formula is C22H19O2P. The molecule has 3 aromatic rings. The van der Waals surface area contributed by atoms with Gasteiger partial charge in [-0.2, -0.15) is 0 Å². The topological polar surface area (TPSA) is 18.5 Å². The zero-order valence-electron chi connectivity index (χ0n) is 13.9. The second-order valence-corrected chi connectivity index (χ2v) is 7.18. The number of hydrogen-bond acceptors (Lipinski definition) is 2. The van der Waals surface area contributed by atoms with Crippen LogP contribution in [-0.4, -0.2) is 13.2 Å². The van der Waals surface area contributed by atoms with Gasteiger partial charge in [0.05, 0.1) is 13.2 Å². The molecule has 3 aromatic carbocycles. The molecule has 124 valence electrons. The number of para-hydroxylation sites is 2. The molecular weight excluding hydrogens is 327 g/mol. The molecule has 2 nitrogen and oxygen atoms in total. The van der Waals surface area contributed by atoms with Crippen LogP contribution in [0.2, 0.25) is 0 Å². The Labute approximate surface area is 150 Å². The summed E-state index contributed by atoms with van der Waals surface area (Å²) in [7, 11) is 2.89. The van der Waals surface area contributed by atoms with Crippen LogP contribution in [0.1, 0.15) is 11.1 Å². The molecule has 0 aromatic heterocycles. The number of fused-ring (bicyclic) bond motifs is 2. The first-order valence-electron chi connectivity index (χ1n) is 8.71. The van der Waals surface area contributed by atoms with Crippen molar-refractivity contribution in [2.45, 2.75) is 12.8 Å². The molecule has 2 heterocycles. The van der Waals surface area contributed by atoms with E-state index in [-0.39, 0.29) is 0 Å². The van der Waals surface area contributed by atoms with Gasteiger partial charge < -0.3 is 9.47 Å². The van der Waals surface area contributed by atoms with Gasteiger partial charge in [0.15, 0.2) is 0 Å². The molecule has 2 aliphatic heterocycles. The summed E-state index contributed by atoms with van der Waals surface area (Å²) in [6, 6.07) is 19.4. The van der Waals surface area contributed by atoms with E-state index in [4.69, 9.17) is 9.47 Å². The number of ether oxygens (including phenoxy) is 2. The lowest BCUT2D eigenvalue weighted by atomic mass is 9.91. The molecule has 0 aliphatic carbocycles. The van der Waals surface area contributed by atoms with Crippen LogP contribution in [0.3, 0.4) is 0 Å². The molecule has 25 heavy (non-hydrogen) atoms. The largest absolute Gasteiger partial charge is 0.492 e. The van der Waals surface area contributed by atoms with E-state index < -0.39 is 0 Å². The van der Waals surface area contributed by atoms with Gasteiger partial charge in [-0.05, 0) is 22.0 Å². The normalized spacial score (nSPS) is 14.6. The first-order chi connectivity index (χ1) is 12.3. The highest BCUT2D eigenvalue weighted by atomic mass is 31.0. The van der Waals surface area contributed by atoms with Crippen molar-refractivity contribution < 1.29 is 9.47 Å². The standard InChI is InChI=1S/C22H19O2P/c25-19-9-3-6-16(17-7-1-4-14-10-12-23-21(14)17)20(19)18-8-2-5-15-11-13-24-22(15)18/h1-9H,10-13,25H2. The van der Waals surface area contributed by atoms with Crippen LogP contribution in [0.25, 0.3) is 22.3 Å². The fourth-order valence-corrected chi connectivity index (χ4v) is 4.36. The van der Waals surface area contributed by atoms with Crippen LogP contribution in [-0.2, 0) is 12.8 Å². The monoisotopic (exact) mass is 346 g/mol. The molecule has 1 atom stereocenters. The Balaban J connectivity index is 1.78. The average molecular weight is 346 g/mol. The Morgan fingerprint density at radius 1 is 0.640 bits per heavy atom. The van der Waals surface area contributed by atoms with Gasteiger partial charge in [-0.3, -0.25) is 0 Å². The van der Waals surface area contributed by atoms with Gasteiger partial charge in [0.2, 0.25) is 0 Å². The maximum atomic E-state index is 5.98. The summed E-state index contributed by atoms with van der Waals surface area (Å²) >= 11 is 0. The molecule has 2 aliphatic rings. The van der Waals surface area contributed by atoms with Gasteiger partial charge >= 0.3 is 0 Å². The van der Waals surface area contributed by atoms with Crippen LogP contribution in [0.4, 0.5) is 0 Å². The summed E-state index contributed by atoms with van der Waals surface area (Å²) in [4.78, 5) is 0. The summed E-state index contributed by atoms with van der Waals surface area (Å²) in [5.41, 5.74) is 7.36. The third kappa shape index (κ3) is 2.36. The van der Waals surface area contributed by atoms with Gasteiger partial charge in [-0.1, -0.05) is 54.6 Å². The third-order valence-corrected chi connectivity index (χ3v) is 5.57. The van der Waals surface area contributed by atoms with Crippen molar-refractivity contribution in [1.29, 1.82) is 0 Å². The van der Waals surface area contributed by atoms with E-state index in [9.17, 15) is 0 Å². The molecule has 0 fully saturated rings. The van der Waals surface area contributed by atoms with E-state index in [1.165, 1.54) is 38.7 Å². The summed E-state index contributed by atoms with van der Waals surface area (Å²) in [5, 5.41) is 1.18. The molecule has 0 amide bonds. The molecule has 0 N–H and O–H groups in total. The number of rotatable bonds is 2. The van der Waals surface area contributed by atoms with Gasteiger partial charge in [0.25, 0.3) is 0 Å². The first-order valence-corrected chi connectivity index (χ1v) is 9.29. The van der Waals surface area contributed by atoms with E-state index in [0.29, 0.717) is 0 Å². The summed E-state index contributed by atoms with van der Waals surface area (Å²) in [6.07, 6.45) is 1.98. The van der Waals surface area contributed by atoms with Gasteiger partial charge in [-0.15, -0.1) is 9.24 Å².